The molecule has 2 N–H and O–H groups in total. The molecule has 21 heavy (non-hydrogen) atoms. The Morgan fingerprint density at radius 3 is 2.86 bits per heavy atom. The van der Waals surface area contributed by atoms with Crippen LogP contribution in [-0.4, -0.2) is 29.8 Å². The van der Waals surface area contributed by atoms with E-state index in [1.807, 2.05) is 31.2 Å². The van der Waals surface area contributed by atoms with Crippen LogP contribution in [0.25, 0.3) is 0 Å². The maximum absolute atomic E-state index is 12.0. The predicted molar refractivity (Wildman–Crippen MR) is 82.1 cm³/mol. The molecule has 1 aromatic carbocycles. The van der Waals surface area contributed by atoms with Gasteiger partial charge in [0.05, 0.1) is 0 Å². The number of aromatic nitrogens is 2. The van der Waals surface area contributed by atoms with Gasteiger partial charge in [0.25, 0.3) is 0 Å². The van der Waals surface area contributed by atoms with Crippen molar-refractivity contribution in [1.29, 1.82) is 0 Å². The highest BCUT2D eigenvalue weighted by Gasteiger charge is 2.14. The molecule has 2 aromatic rings. The highest BCUT2D eigenvalue weighted by molar-refractivity contribution is 5.91. The van der Waals surface area contributed by atoms with Crippen LogP contribution in [0, 0.1) is 5.92 Å². The number of hydrogen-bond donors (Lipinski definition) is 2. The van der Waals surface area contributed by atoms with Crippen LogP contribution in [-0.2, 0) is 16.0 Å². The minimum atomic E-state index is -0.0979. The minimum Gasteiger partial charge on any atom is -0.385 e. The quantitative estimate of drug-likeness (QED) is 0.822. The highest BCUT2D eigenvalue weighted by atomic mass is 16.5. The minimum absolute atomic E-state index is 0.0372. The van der Waals surface area contributed by atoms with E-state index < -0.39 is 0 Å². The Morgan fingerprint density at radius 2 is 2.14 bits per heavy atom. The third-order valence-electron chi connectivity index (χ3n) is 3.32. The summed E-state index contributed by atoms with van der Waals surface area (Å²) in [6.45, 7) is 2.46. The van der Waals surface area contributed by atoms with Crippen molar-refractivity contribution in [1.82, 2.24) is 10.2 Å². The van der Waals surface area contributed by atoms with Gasteiger partial charge in [-0.15, -0.1) is 0 Å². The van der Waals surface area contributed by atoms with Crippen LogP contribution < -0.4 is 5.32 Å². The van der Waals surface area contributed by atoms with Gasteiger partial charge in [-0.2, -0.15) is 5.10 Å². The molecule has 2 rings (SSSR count). The number of ether oxygens (including phenoxy) is 1. The molecule has 0 saturated carbocycles. The summed E-state index contributed by atoms with van der Waals surface area (Å²) >= 11 is 0. The standard InChI is InChI=1S/C16H21N3O2/c1-12(8-9-21-2)16(20)17-15-11-14(18-19-15)10-13-6-4-3-5-7-13/h3-7,11-12H,8-10H2,1-2H3,(H2,17,18,19,20). The number of carbonyl (C=O) groups excluding carboxylic acids is 1. The van der Waals surface area contributed by atoms with E-state index in [0.29, 0.717) is 18.8 Å². The van der Waals surface area contributed by atoms with Crippen LogP contribution in [0.2, 0.25) is 0 Å². The Kier molecular flexibility index (Phi) is 5.51. The second-order valence-corrected chi connectivity index (χ2v) is 5.11. The van der Waals surface area contributed by atoms with E-state index in [4.69, 9.17) is 4.74 Å². The second-order valence-electron chi connectivity index (χ2n) is 5.11. The van der Waals surface area contributed by atoms with E-state index in [2.05, 4.69) is 27.6 Å². The smallest absolute Gasteiger partial charge is 0.228 e. The number of carbonyl (C=O) groups is 1. The molecule has 1 atom stereocenters. The second kappa shape index (κ2) is 7.59. The fourth-order valence-electron chi connectivity index (χ4n) is 2.01. The van der Waals surface area contributed by atoms with Crippen molar-refractivity contribution in [2.75, 3.05) is 19.0 Å². The lowest BCUT2D eigenvalue weighted by molar-refractivity contribution is -0.119. The SMILES string of the molecule is COCCC(C)C(=O)Nc1cc(Cc2ccccc2)[nH]n1. The molecule has 0 radical (unpaired) electrons. The van der Waals surface area contributed by atoms with Gasteiger partial charge in [-0.1, -0.05) is 37.3 Å². The topological polar surface area (TPSA) is 67.0 Å². The molecule has 0 spiro atoms. The highest BCUT2D eigenvalue weighted by Crippen LogP contribution is 2.12. The van der Waals surface area contributed by atoms with Gasteiger partial charge in [0.2, 0.25) is 5.91 Å². The Labute approximate surface area is 124 Å². The zero-order chi connectivity index (χ0) is 15.1. The number of anilines is 1. The average Bonchev–Trinajstić information content (AvgIpc) is 2.92. The van der Waals surface area contributed by atoms with Gasteiger partial charge in [-0.3, -0.25) is 9.89 Å². The lowest BCUT2D eigenvalue weighted by Crippen LogP contribution is -2.21. The monoisotopic (exact) mass is 287 g/mol. The first kappa shape index (κ1) is 15.3. The summed E-state index contributed by atoms with van der Waals surface area (Å²) in [5.74, 6) is 0.430. The Balaban J connectivity index is 1.89. The van der Waals surface area contributed by atoms with Crippen molar-refractivity contribution in [2.45, 2.75) is 19.8 Å². The van der Waals surface area contributed by atoms with Crippen molar-refractivity contribution in [2.24, 2.45) is 5.92 Å². The zero-order valence-corrected chi connectivity index (χ0v) is 12.4. The molecule has 0 saturated heterocycles. The molecule has 0 aliphatic rings. The van der Waals surface area contributed by atoms with E-state index in [1.165, 1.54) is 5.56 Å². The summed E-state index contributed by atoms with van der Waals surface area (Å²) in [6.07, 6.45) is 1.46. The van der Waals surface area contributed by atoms with Gasteiger partial charge in [0.15, 0.2) is 5.82 Å². The van der Waals surface area contributed by atoms with Crippen molar-refractivity contribution >= 4 is 11.7 Å². The van der Waals surface area contributed by atoms with E-state index in [9.17, 15) is 4.79 Å². The largest absolute Gasteiger partial charge is 0.385 e. The maximum atomic E-state index is 12.0. The van der Waals surface area contributed by atoms with Gasteiger partial charge in [-0.25, -0.2) is 0 Å². The van der Waals surface area contributed by atoms with Crippen molar-refractivity contribution < 1.29 is 9.53 Å². The summed E-state index contributed by atoms with van der Waals surface area (Å²) in [6, 6.07) is 12.0. The van der Waals surface area contributed by atoms with E-state index in [0.717, 1.165) is 12.1 Å². The van der Waals surface area contributed by atoms with Crippen molar-refractivity contribution in [3.63, 3.8) is 0 Å². The van der Waals surface area contributed by atoms with Gasteiger partial charge in [0, 0.05) is 37.8 Å². The lowest BCUT2D eigenvalue weighted by Gasteiger charge is -2.09. The van der Waals surface area contributed by atoms with Crippen molar-refractivity contribution in [3.05, 3.63) is 47.7 Å². The first-order valence-corrected chi connectivity index (χ1v) is 7.07. The summed E-state index contributed by atoms with van der Waals surface area (Å²) in [5, 5.41) is 9.90. The number of nitrogens with zero attached hydrogens (tertiary/aromatic N) is 1. The van der Waals surface area contributed by atoms with Crippen molar-refractivity contribution in [3.8, 4) is 0 Å². The van der Waals surface area contributed by atoms with Gasteiger partial charge < -0.3 is 10.1 Å². The Bertz CT molecular complexity index is 566. The van der Waals surface area contributed by atoms with Crippen LogP contribution in [0.3, 0.4) is 0 Å². The lowest BCUT2D eigenvalue weighted by atomic mass is 10.1. The van der Waals surface area contributed by atoms with Crippen LogP contribution in [0.4, 0.5) is 5.82 Å². The van der Waals surface area contributed by atoms with E-state index in [-0.39, 0.29) is 11.8 Å². The number of aromatic amines is 1. The van der Waals surface area contributed by atoms with E-state index >= 15 is 0 Å². The summed E-state index contributed by atoms with van der Waals surface area (Å²) in [4.78, 5) is 12.0. The number of rotatable bonds is 7. The van der Waals surface area contributed by atoms with Crippen LogP contribution in [0.5, 0.6) is 0 Å². The Hall–Kier alpha value is -2.14. The normalized spacial score (nSPS) is 12.1. The number of H-pyrrole nitrogens is 1. The zero-order valence-electron chi connectivity index (χ0n) is 12.4. The summed E-state index contributed by atoms with van der Waals surface area (Å²) in [7, 11) is 1.63. The van der Waals surface area contributed by atoms with Crippen LogP contribution in [0.1, 0.15) is 24.6 Å². The first-order valence-electron chi connectivity index (χ1n) is 7.07. The molecule has 5 nitrogen and oxygen atoms in total. The third-order valence-corrected chi connectivity index (χ3v) is 3.32. The van der Waals surface area contributed by atoms with Gasteiger partial charge in [0.1, 0.15) is 0 Å². The molecule has 5 heteroatoms. The number of methoxy groups -OCH3 is 1. The van der Waals surface area contributed by atoms with Crippen LogP contribution in [0.15, 0.2) is 36.4 Å². The molecule has 1 amide bonds. The molecule has 0 aliphatic heterocycles. The maximum Gasteiger partial charge on any atom is 0.228 e. The van der Waals surface area contributed by atoms with E-state index in [1.54, 1.807) is 7.11 Å². The van der Waals surface area contributed by atoms with Gasteiger partial charge in [-0.05, 0) is 12.0 Å². The summed E-state index contributed by atoms with van der Waals surface area (Å²) < 4.78 is 4.98. The summed E-state index contributed by atoms with van der Waals surface area (Å²) in [5.41, 5.74) is 2.17. The van der Waals surface area contributed by atoms with Crippen LogP contribution >= 0.6 is 0 Å². The average molecular weight is 287 g/mol. The van der Waals surface area contributed by atoms with Gasteiger partial charge >= 0.3 is 0 Å². The number of hydrogen-bond acceptors (Lipinski definition) is 3. The fourth-order valence-corrected chi connectivity index (χ4v) is 2.01. The molecule has 0 bridgehead atoms. The molecule has 112 valence electrons. The molecular formula is C16H21N3O2. The molecule has 1 aromatic heterocycles. The molecule has 0 aliphatic carbocycles. The first-order chi connectivity index (χ1) is 10.2. The Morgan fingerprint density at radius 1 is 1.38 bits per heavy atom. The molecule has 1 heterocycles. The molecular weight excluding hydrogens is 266 g/mol. The number of amides is 1. The third kappa shape index (κ3) is 4.72. The number of benzene rings is 1. The number of nitrogens with one attached hydrogen (secondary N) is 2. The fraction of sp³-hybridized carbons (Fsp3) is 0.375. The predicted octanol–water partition coefficient (Wildman–Crippen LogP) is 2.61. The molecule has 1 unspecified atom stereocenters. The molecule has 0 fully saturated rings.